The molecule has 2 heterocycles. The van der Waals surface area contributed by atoms with E-state index in [9.17, 15) is 4.79 Å². The van der Waals surface area contributed by atoms with E-state index in [4.69, 9.17) is 4.74 Å². The van der Waals surface area contributed by atoms with Crippen LogP contribution in [0.4, 0.5) is 0 Å². The lowest BCUT2D eigenvalue weighted by Gasteiger charge is -2.00. The molecule has 0 aliphatic heterocycles. The second-order valence-corrected chi connectivity index (χ2v) is 5.85. The number of benzene rings is 1. The number of thioether (sulfide) groups is 1. The van der Waals surface area contributed by atoms with Crippen molar-refractivity contribution in [2.75, 3.05) is 12.9 Å². The molecule has 1 aromatic carbocycles. The molecule has 0 amide bonds. The van der Waals surface area contributed by atoms with E-state index in [1.54, 1.807) is 7.11 Å². The molecular formula is C16H16N4O2S. The van der Waals surface area contributed by atoms with Gasteiger partial charge in [-0.1, -0.05) is 11.8 Å². The molecule has 0 saturated carbocycles. The zero-order valence-corrected chi connectivity index (χ0v) is 13.6. The van der Waals surface area contributed by atoms with Crippen LogP contribution in [0.15, 0.2) is 47.8 Å². The molecule has 0 aliphatic rings. The standard InChI is InChI=1S/C16H16N4O2S/c1-20-9-3-4-13(20)14(21)10-23-16-17-15(18-19-16)11-5-7-12(22-2)8-6-11/h3-9H,10H2,1-2H3,(H,17,18,19). The van der Waals surface area contributed by atoms with Crippen LogP contribution in [0.5, 0.6) is 5.75 Å². The average molecular weight is 328 g/mol. The molecule has 1 N–H and O–H groups in total. The minimum Gasteiger partial charge on any atom is -0.497 e. The second kappa shape index (κ2) is 6.70. The number of aromatic nitrogens is 4. The minimum absolute atomic E-state index is 0.0540. The lowest BCUT2D eigenvalue weighted by molar-refractivity contribution is 0.101. The molecule has 23 heavy (non-hydrogen) atoms. The largest absolute Gasteiger partial charge is 0.497 e. The predicted octanol–water partition coefficient (Wildman–Crippen LogP) is 2.79. The molecule has 6 nitrogen and oxygen atoms in total. The van der Waals surface area contributed by atoms with Crippen LogP contribution in [0.1, 0.15) is 10.5 Å². The van der Waals surface area contributed by atoms with E-state index in [2.05, 4.69) is 15.2 Å². The van der Waals surface area contributed by atoms with Gasteiger partial charge in [0.2, 0.25) is 5.16 Å². The highest BCUT2D eigenvalue weighted by Crippen LogP contribution is 2.22. The van der Waals surface area contributed by atoms with Gasteiger partial charge in [-0.2, -0.15) is 0 Å². The van der Waals surface area contributed by atoms with Gasteiger partial charge in [0.1, 0.15) is 5.75 Å². The predicted molar refractivity (Wildman–Crippen MR) is 88.8 cm³/mol. The maximum atomic E-state index is 12.1. The van der Waals surface area contributed by atoms with Crippen molar-refractivity contribution in [1.29, 1.82) is 0 Å². The van der Waals surface area contributed by atoms with Gasteiger partial charge in [-0.3, -0.25) is 9.89 Å². The number of rotatable bonds is 6. The molecule has 3 aromatic rings. The van der Waals surface area contributed by atoms with Crippen molar-refractivity contribution < 1.29 is 9.53 Å². The van der Waals surface area contributed by atoms with Crippen molar-refractivity contribution >= 4 is 17.5 Å². The zero-order chi connectivity index (χ0) is 16.2. The summed E-state index contributed by atoms with van der Waals surface area (Å²) in [5.41, 5.74) is 1.60. The van der Waals surface area contributed by atoms with E-state index in [0.29, 0.717) is 22.4 Å². The Morgan fingerprint density at radius 1 is 1.30 bits per heavy atom. The van der Waals surface area contributed by atoms with Crippen molar-refractivity contribution in [3.63, 3.8) is 0 Å². The van der Waals surface area contributed by atoms with Crippen LogP contribution < -0.4 is 4.74 Å². The number of aryl methyl sites for hydroxylation is 1. The van der Waals surface area contributed by atoms with Crippen LogP contribution >= 0.6 is 11.8 Å². The van der Waals surface area contributed by atoms with E-state index in [0.717, 1.165) is 11.3 Å². The Kier molecular flexibility index (Phi) is 4.47. The first-order valence-electron chi connectivity index (χ1n) is 7.01. The first kappa shape index (κ1) is 15.4. The molecule has 118 valence electrons. The summed E-state index contributed by atoms with van der Waals surface area (Å²) in [6, 6.07) is 11.2. The Morgan fingerprint density at radius 2 is 2.09 bits per heavy atom. The normalized spacial score (nSPS) is 10.7. The molecule has 0 spiro atoms. The molecule has 0 unspecified atom stereocenters. The third kappa shape index (κ3) is 3.45. The van der Waals surface area contributed by atoms with Gasteiger partial charge in [0.15, 0.2) is 11.6 Å². The quantitative estimate of drug-likeness (QED) is 0.556. The molecule has 0 atom stereocenters. The summed E-state index contributed by atoms with van der Waals surface area (Å²) in [4.78, 5) is 16.5. The third-order valence-corrected chi connectivity index (χ3v) is 4.24. The van der Waals surface area contributed by atoms with Gasteiger partial charge in [0.25, 0.3) is 0 Å². The Labute approximate surface area is 137 Å². The highest BCUT2D eigenvalue weighted by atomic mass is 32.2. The number of ketones is 1. The lowest BCUT2D eigenvalue weighted by atomic mass is 10.2. The number of nitrogens with zero attached hydrogens (tertiary/aromatic N) is 3. The zero-order valence-electron chi connectivity index (χ0n) is 12.8. The Hall–Kier alpha value is -2.54. The molecule has 0 radical (unpaired) electrons. The number of H-pyrrole nitrogens is 1. The number of hydrogen-bond donors (Lipinski definition) is 1. The van der Waals surface area contributed by atoms with Gasteiger partial charge in [0.05, 0.1) is 18.6 Å². The van der Waals surface area contributed by atoms with Crippen molar-refractivity contribution in [1.82, 2.24) is 19.7 Å². The number of carbonyl (C=O) groups is 1. The maximum absolute atomic E-state index is 12.1. The number of hydrogen-bond acceptors (Lipinski definition) is 5. The van der Waals surface area contributed by atoms with E-state index in [1.165, 1.54) is 11.8 Å². The van der Waals surface area contributed by atoms with Crippen molar-refractivity contribution in [2.45, 2.75) is 5.16 Å². The number of methoxy groups -OCH3 is 1. The second-order valence-electron chi connectivity index (χ2n) is 4.91. The van der Waals surface area contributed by atoms with E-state index in [1.807, 2.05) is 54.2 Å². The molecule has 0 bridgehead atoms. The number of Topliss-reactive ketones (excluding diaryl/α,β-unsaturated/α-hetero) is 1. The highest BCUT2D eigenvalue weighted by molar-refractivity contribution is 7.99. The number of aromatic amines is 1. The molecular weight excluding hydrogens is 312 g/mol. The number of carbonyl (C=O) groups excluding carboxylic acids is 1. The van der Waals surface area contributed by atoms with Gasteiger partial charge < -0.3 is 9.30 Å². The van der Waals surface area contributed by atoms with Gasteiger partial charge >= 0.3 is 0 Å². The van der Waals surface area contributed by atoms with E-state index < -0.39 is 0 Å². The van der Waals surface area contributed by atoms with Crippen LogP contribution in [0, 0.1) is 0 Å². The molecule has 3 rings (SSSR count). The highest BCUT2D eigenvalue weighted by Gasteiger charge is 2.12. The summed E-state index contributed by atoms with van der Waals surface area (Å²) < 4.78 is 6.94. The van der Waals surface area contributed by atoms with Crippen LogP contribution in [0.2, 0.25) is 0 Å². The van der Waals surface area contributed by atoms with Crippen LogP contribution in [0.3, 0.4) is 0 Å². The fraction of sp³-hybridized carbons (Fsp3) is 0.188. The Bertz CT molecular complexity index is 808. The molecule has 7 heteroatoms. The molecule has 0 aliphatic carbocycles. The Morgan fingerprint density at radius 3 is 2.74 bits per heavy atom. The summed E-state index contributed by atoms with van der Waals surface area (Å²) in [6.07, 6.45) is 1.85. The fourth-order valence-electron chi connectivity index (χ4n) is 2.14. The van der Waals surface area contributed by atoms with Gasteiger partial charge in [-0.05, 0) is 36.4 Å². The van der Waals surface area contributed by atoms with E-state index in [-0.39, 0.29) is 5.78 Å². The first-order chi connectivity index (χ1) is 11.2. The minimum atomic E-state index is 0.0540. The smallest absolute Gasteiger partial charge is 0.209 e. The Balaban J connectivity index is 1.65. The van der Waals surface area contributed by atoms with Crippen LogP contribution in [0.25, 0.3) is 11.4 Å². The van der Waals surface area contributed by atoms with Gasteiger partial charge in [-0.25, -0.2) is 4.98 Å². The third-order valence-electron chi connectivity index (χ3n) is 3.39. The summed E-state index contributed by atoms with van der Waals surface area (Å²) in [6.45, 7) is 0. The summed E-state index contributed by atoms with van der Waals surface area (Å²) in [5, 5.41) is 7.59. The van der Waals surface area contributed by atoms with E-state index >= 15 is 0 Å². The van der Waals surface area contributed by atoms with Crippen molar-refractivity contribution in [2.24, 2.45) is 7.05 Å². The van der Waals surface area contributed by atoms with Gasteiger partial charge in [0, 0.05) is 18.8 Å². The molecule has 2 aromatic heterocycles. The molecule has 0 fully saturated rings. The number of ether oxygens (including phenoxy) is 1. The van der Waals surface area contributed by atoms with Crippen molar-refractivity contribution in [3.05, 3.63) is 48.3 Å². The average Bonchev–Trinajstić information content (AvgIpc) is 3.22. The van der Waals surface area contributed by atoms with Gasteiger partial charge in [-0.15, -0.1) is 5.10 Å². The lowest BCUT2D eigenvalue weighted by Crippen LogP contribution is -2.07. The topological polar surface area (TPSA) is 72.8 Å². The monoisotopic (exact) mass is 328 g/mol. The summed E-state index contributed by atoms with van der Waals surface area (Å²) >= 11 is 1.32. The molecule has 0 saturated heterocycles. The SMILES string of the molecule is COc1ccc(-c2nc(SCC(=O)c3cccn3C)n[nH]2)cc1. The summed E-state index contributed by atoms with van der Waals surface area (Å²) in [5.74, 6) is 1.81. The fourth-order valence-corrected chi connectivity index (χ4v) is 2.82. The first-order valence-corrected chi connectivity index (χ1v) is 8.00. The summed E-state index contributed by atoms with van der Waals surface area (Å²) in [7, 11) is 3.48. The number of nitrogens with one attached hydrogen (secondary N) is 1. The maximum Gasteiger partial charge on any atom is 0.209 e. The van der Waals surface area contributed by atoms with Crippen LogP contribution in [-0.2, 0) is 7.05 Å². The van der Waals surface area contributed by atoms with Crippen molar-refractivity contribution in [3.8, 4) is 17.1 Å². The van der Waals surface area contributed by atoms with Crippen LogP contribution in [-0.4, -0.2) is 38.4 Å².